The number of hydrogen-bond donors (Lipinski definition) is 1. The quantitative estimate of drug-likeness (QED) is 0.456. The SMILES string of the molecule is CC(C)OC(=O)CCCSC(=S)NCc1ccc(Cl)cc1. The zero-order valence-electron chi connectivity index (χ0n) is 12.2. The lowest BCUT2D eigenvalue weighted by molar-refractivity contribution is -0.147. The molecule has 3 nitrogen and oxygen atoms in total. The van der Waals surface area contributed by atoms with Crippen LogP contribution in [0.1, 0.15) is 32.3 Å². The van der Waals surface area contributed by atoms with Gasteiger partial charge < -0.3 is 10.1 Å². The summed E-state index contributed by atoms with van der Waals surface area (Å²) < 4.78 is 5.80. The smallest absolute Gasteiger partial charge is 0.306 e. The fourth-order valence-electron chi connectivity index (χ4n) is 1.53. The molecule has 0 saturated carbocycles. The van der Waals surface area contributed by atoms with Crippen molar-refractivity contribution < 1.29 is 9.53 Å². The van der Waals surface area contributed by atoms with Crippen LogP contribution in [0.2, 0.25) is 5.02 Å². The number of hydrogen-bond acceptors (Lipinski definition) is 4. The van der Waals surface area contributed by atoms with Crippen LogP contribution < -0.4 is 5.32 Å². The van der Waals surface area contributed by atoms with Crippen LogP contribution in [0.4, 0.5) is 0 Å². The molecule has 0 atom stereocenters. The maximum atomic E-state index is 11.3. The fraction of sp³-hybridized carbons (Fsp3) is 0.467. The van der Waals surface area contributed by atoms with Crippen LogP contribution in [0.25, 0.3) is 0 Å². The Hall–Kier alpha value is -0.780. The lowest BCUT2D eigenvalue weighted by atomic mass is 10.2. The van der Waals surface area contributed by atoms with Gasteiger partial charge in [-0.05, 0) is 38.0 Å². The number of nitrogens with one attached hydrogen (secondary N) is 1. The van der Waals surface area contributed by atoms with Gasteiger partial charge in [0, 0.05) is 23.7 Å². The van der Waals surface area contributed by atoms with Gasteiger partial charge in [-0.25, -0.2) is 0 Å². The van der Waals surface area contributed by atoms with Crippen LogP contribution in [0, 0.1) is 0 Å². The van der Waals surface area contributed by atoms with E-state index in [-0.39, 0.29) is 12.1 Å². The Morgan fingerprint density at radius 2 is 2.05 bits per heavy atom. The highest BCUT2D eigenvalue weighted by Gasteiger charge is 2.05. The summed E-state index contributed by atoms with van der Waals surface area (Å²) in [5, 5.41) is 3.90. The van der Waals surface area contributed by atoms with E-state index in [2.05, 4.69) is 5.32 Å². The van der Waals surface area contributed by atoms with E-state index >= 15 is 0 Å². The van der Waals surface area contributed by atoms with Gasteiger partial charge in [-0.3, -0.25) is 4.79 Å². The molecular weight excluding hydrogens is 326 g/mol. The van der Waals surface area contributed by atoms with Gasteiger partial charge in [0.15, 0.2) is 0 Å². The second kappa shape index (κ2) is 10.0. The van der Waals surface area contributed by atoms with E-state index in [4.69, 9.17) is 28.6 Å². The van der Waals surface area contributed by atoms with Crippen molar-refractivity contribution in [3.8, 4) is 0 Å². The summed E-state index contributed by atoms with van der Waals surface area (Å²) in [5.41, 5.74) is 1.13. The van der Waals surface area contributed by atoms with Crippen molar-refractivity contribution >= 4 is 45.9 Å². The van der Waals surface area contributed by atoms with E-state index in [9.17, 15) is 4.79 Å². The van der Waals surface area contributed by atoms with E-state index in [0.29, 0.717) is 13.0 Å². The van der Waals surface area contributed by atoms with Crippen molar-refractivity contribution in [1.82, 2.24) is 5.32 Å². The monoisotopic (exact) mass is 345 g/mol. The molecule has 0 saturated heterocycles. The molecule has 116 valence electrons. The molecule has 0 fully saturated rings. The van der Waals surface area contributed by atoms with Gasteiger partial charge in [0.2, 0.25) is 0 Å². The topological polar surface area (TPSA) is 38.3 Å². The summed E-state index contributed by atoms with van der Waals surface area (Å²) in [5.74, 6) is 0.658. The molecule has 1 N–H and O–H groups in total. The third kappa shape index (κ3) is 8.96. The molecule has 0 amide bonds. The van der Waals surface area contributed by atoms with Crippen LogP contribution in [0.15, 0.2) is 24.3 Å². The van der Waals surface area contributed by atoms with Crippen molar-refractivity contribution in [3.63, 3.8) is 0 Å². The van der Waals surface area contributed by atoms with Gasteiger partial charge in [0.25, 0.3) is 0 Å². The number of thioether (sulfide) groups is 1. The number of thiocarbonyl (C=S) groups is 1. The van der Waals surface area contributed by atoms with Gasteiger partial charge >= 0.3 is 5.97 Å². The van der Waals surface area contributed by atoms with E-state index in [1.165, 1.54) is 0 Å². The third-order valence-corrected chi connectivity index (χ3v) is 4.12. The van der Waals surface area contributed by atoms with E-state index in [1.807, 2.05) is 38.1 Å². The van der Waals surface area contributed by atoms with Crippen LogP contribution >= 0.6 is 35.6 Å². The summed E-state index contributed by atoms with van der Waals surface area (Å²) in [6.07, 6.45) is 1.15. The molecule has 0 aliphatic heterocycles. The Morgan fingerprint density at radius 3 is 2.67 bits per heavy atom. The molecule has 0 aliphatic carbocycles. The highest BCUT2D eigenvalue weighted by molar-refractivity contribution is 8.22. The number of carbonyl (C=O) groups excluding carboxylic acids is 1. The summed E-state index contributed by atoms with van der Waals surface area (Å²) in [4.78, 5) is 11.3. The van der Waals surface area contributed by atoms with Crippen molar-refractivity contribution in [3.05, 3.63) is 34.9 Å². The lowest BCUT2D eigenvalue weighted by Crippen LogP contribution is -2.18. The third-order valence-electron chi connectivity index (χ3n) is 2.48. The van der Waals surface area contributed by atoms with Crippen LogP contribution in [-0.2, 0) is 16.1 Å². The first-order valence-corrected chi connectivity index (χ1v) is 8.59. The van der Waals surface area contributed by atoms with Gasteiger partial charge in [-0.15, -0.1) is 0 Å². The van der Waals surface area contributed by atoms with Crippen LogP contribution in [0.5, 0.6) is 0 Å². The average Bonchev–Trinajstić information content (AvgIpc) is 2.42. The zero-order valence-corrected chi connectivity index (χ0v) is 14.6. The maximum absolute atomic E-state index is 11.3. The van der Waals surface area contributed by atoms with E-state index < -0.39 is 0 Å². The Morgan fingerprint density at radius 1 is 1.38 bits per heavy atom. The second-order valence-electron chi connectivity index (χ2n) is 4.76. The first-order valence-electron chi connectivity index (χ1n) is 6.82. The Balaban J connectivity index is 2.11. The molecule has 21 heavy (non-hydrogen) atoms. The number of carbonyl (C=O) groups is 1. The second-order valence-corrected chi connectivity index (χ2v) is 6.97. The maximum Gasteiger partial charge on any atom is 0.306 e. The molecule has 6 heteroatoms. The predicted molar refractivity (Wildman–Crippen MR) is 93.8 cm³/mol. The highest BCUT2D eigenvalue weighted by Crippen LogP contribution is 2.11. The molecule has 0 bridgehead atoms. The molecule has 0 aromatic heterocycles. The van der Waals surface area contributed by atoms with E-state index in [0.717, 1.165) is 27.1 Å². The van der Waals surface area contributed by atoms with Crippen molar-refractivity contribution in [2.45, 2.75) is 39.3 Å². The molecule has 0 radical (unpaired) electrons. The van der Waals surface area contributed by atoms with Crippen molar-refractivity contribution in [2.24, 2.45) is 0 Å². The number of halogens is 1. The summed E-state index contributed by atoms with van der Waals surface area (Å²) in [6.45, 7) is 4.38. The Labute approximate surface area is 140 Å². The minimum atomic E-state index is -0.148. The van der Waals surface area contributed by atoms with Gasteiger partial charge in [-0.2, -0.15) is 0 Å². The molecule has 1 aromatic rings. The van der Waals surface area contributed by atoms with Crippen LogP contribution in [0.3, 0.4) is 0 Å². The summed E-state index contributed by atoms with van der Waals surface area (Å²) in [6, 6.07) is 7.64. The minimum absolute atomic E-state index is 0.0488. The number of benzene rings is 1. The number of rotatable bonds is 7. The largest absolute Gasteiger partial charge is 0.463 e. The average molecular weight is 346 g/mol. The van der Waals surface area contributed by atoms with Gasteiger partial charge in [-0.1, -0.05) is 47.7 Å². The van der Waals surface area contributed by atoms with Gasteiger partial charge in [0.05, 0.1) is 6.10 Å². The molecule has 0 spiro atoms. The normalized spacial score (nSPS) is 10.5. The van der Waals surface area contributed by atoms with E-state index in [1.54, 1.807) is 11.8 Å². The Bertz CT molecular complexity index is 463. The minimum Gasteiger partial charge on any atom is -0.463 e. The zero-order chi connectivity index (χ0) is 15.7. The first-order chi connectivity index (χ1) is 9.97. The first kappa shape index (κ1) is 18.3. The van der Waals surface area contributed by atoms with Crippen molar-refractivity contribution in [1.29, 1.82) is 0 Å². The summed E-state index contributed by atoms with van der Waals surface area (Å²) >= 11 is 12.6. The molecule has 0 heterocycles. The van der Waals surface area contributed by atoms with Crippen LogP contribution in [-0.4, -0.2) is 22.1 Å². The molecule has 1 aromatic carbocycles. The number of esters is 1. The summed E-state index contributed by atoms with van der Waals surface area (Å²) in [7, 11) is 0. The highest BCUT2D eigenvalue weighted by atomic mass is 35.5. The number of ether oxygens (including phenoxy) is 1. The predicted octanol–water partition coefficient (Wildman–Crippen LogP) is 4.18. The molecule has 0 aliphatic rings. The fourth-order valence-corrected chi connectivity index (χ4v) is 2.63. The van der Waals surface area contributed by atoms with Gasteiger partial charge in [0.1, 0.15) is 4.32 Å². The standard InChI is InChI=1S/C15H20ClNO2S2/c1-11(2)19-14(18)4-3-9-21-15(20)17-10-12-5-7-13(16)8-6-12/h5-8,11H,3-4,9-10H2,1-2H3,(H,17,20). The molecular formula is C15H20ClNO2S2. The Kier molecular flexibility index (Phi) is 8.73. The lowest BCUT2D eigenvalue weighted by Gasteiger charge is -2.09. The molecule has 1 rings (SSSR count). The molecule has 0 unspecified atom stereocenters. The van der Waals surface area contributed by atoms with Crippen molar-refractivity contribution in [2.75, 3.05) is 5.75 Å².